The molecule has 0 atom stereocenters. The largest absolute Gasteiger partial charge is 0.449 e. The van der Waals surface area contributed by atoms with E-state index in [1.807, 2.05) is 30.3 Å². The first kappa shape index (κ1) is 19.7. The van der Waals surface area contributed by atoms with Crippen molar-refractivity contribution in [1.82, 2.24) is 10.2 Å². The Hall–Kier alpha value is -3.09. The predicted octanol–water partition coefficient (Wildman–Crippen LogP) is 2.31. The van der Waals surface area contributed by atoms with Crippen molar-refractivity contribution in [1.29, 1.82) is 0 Å². The van der Waals surface area contributed by atoms with E-state index in [0.29, 0.717) is 37.4 Å². The third kappa shape index (κ3) is 5.00. The lowest BCUT2D eigenvalue weighted by molar-refractivity contribution is 0.0719. The van der Waals surface area contributed by atoms with Gasteiger partial charge >= 0.3 is 11.7 Å². The number of nitrogens with one attached hydrogen (secondary N) is 1. The minimum absolute atomic E-state index is 0.00434. The summed E-state index contributed by atoms with van der Waals surface area (Å²) in [5, 5.41) is 2.68. The Bertz CT molecular complexity index is 891. The van der Waals surface area contributed by atoms with Gasteiger partial charge in [0.1, 0.15) is 11.3 Å². The van der Waals surface area contributed by atoms with Crippen molar-refractivity contribution in [3.05, 3.63) is 69.3 Å². The molecule has 1 saturated heterocycles. The first-order valence-electron chi connectivity index (χ1n) is 9.42. The molecule has 28 heavy (non-hydrogen) atoms. The smallest absolute Gasteiger partial charge is 0.409 e. The lowest BCUT2D eigenvalue weighted by Gasteiger charge is -2.26. The second-order valence-corrected chi connectivity index (χ2v) is 6.75. The number of carbonyl (C=O) groups excluding carboxylic acids is 2. The first-order valence-corrected chi connectivity index (χ1v) is 9.42. The minimum Gasteiger partial charge on any atom is -0.449 e. The number of hydrogen-bond acceptors (Lipinski definition) is 5. The molecule has 148 valence electrons. The van der Waals surface area contributed by atoms with Gasteiger partial charge in [0, 0.05) is 26.1 Å². The van der Waals surface area contributed by atoms with Gasteiger partial charge in [-0.2, -0.15) is 0 Å². The number of rotatable bonds is 7. The summed E-state index contributed by atoms with van der Waals surface area (Å²) in [4.78, 5) is 37.8. The Morgan fingerprint density at radius 3 is 2.68 bits per heavy atom. The SMILES string of the molecule is Cc1cc(CCc2ccccc2)oc(=O)c1C(=O)NCCN1CCCOC1=O. The van der Waals surface area contributed by atoms with Gasteiger partial charge < -0.3 is 19.4 Å². The van der Waals surface area contributed by atoms with Gasteiger partial charge in [-0.3, -0.25) is 4.79 Å². The van der Waals surface area contributed by atoms with E-state index in [2.05, 4.69) is 5.32 Å². The van der Waals surface area contributed by atoms with Crippen LogP contribution in [0, 0.1) is 6.92 Å². The monoisotopic (exact) mass is 384 g/mol. The molecule has 2 heterocycles. The van der Waals surface area contributed by atoms with Crippen molar-refractivity contribution < 1.29 is 18.7 Å². The van der Waals surface area contributed by atoms with Crippen molar-refractivity contribution >= 4 is 12.0 Å². The van der Waals surface area contributed by atoms with E-state index in [4.69, 9.17) is 9.15 Å². The van der Waals surface area contributed by atoms with Crippen LogP contribution >= 0.6 is 0 Å². The number of ether oxygens (including phenoxy) is 1. The third-order valence-corrected chi connectivity index (χ3v) is 4.65. The van der Waals surface area contributed by atoms with E-state index in [1.54, 1.807) is 13.0 Å². The average Bonchev–Trinajstić information content (AvgIpc) is 2.68. The maximum Gasteiger partial charge on any atom is 0.409 e. The molecule has 2 aromatic rings. The van der Waals surface area contributed by atoms with E-state index in [1.165, 1.54) is 4.90 Å². The van der Waals surface area contributed by atoms with E-state index in [9.17, 15) is 14.4 Å². The zero-order chi connectivity index (χ0) is 19.9. The molecule has 0 saturated carbocycles. The molecule has 1 aromatic carbocycles. The van der Waals surface area contributed by atoms with Crippen LogP contribution in [0.4, 0.5) is 4.79 Å². The van der Waals surface area contributed by atoms with Crippen LogP contribution in [0.25, 0.3) is 0 Å². The van der Waals surface area contributed by atoms with Crippen LogP contribution in [0.3, 0.4) is 0 Å². The Morgan fingerprint density at radius 2 is 1.96 bits per heavy atom. The number of benzene rings is 1. The van der Waals surface area contributed by atoms with E-state index >= 15 is 0 Å². The Morgan fingerprint density at radius 1 is 1.18 bits per heavy atom. The summed E-state index contributed by atoms with van der Waals surface area (Å²) < 4.78 is 10.3. The normalized spacial score (nSPS) is 13.9. The van der Waals surface area contributed by atoms with Gasteiger partial charge in [0.05, 0.1) is 6.61 Å². The Labute approximate surface area is 163 Å². The highest BCUT2D eigenvalue weighted by molar-refractivity contribution is 5.95. The zero-order valence-corrected chi connectivity index (χ0v) is 15.9. The highest BCUT2D eigenvalue weighted by Gasteiger charge is 2.20. The Kier molecular flexibility index (Phi) is 6.47. The van der Waals surface area contributed by atoms with Crippen LogP contribution in [0.2, 0.25) is 0 Å². The number of nitrogens with zero attached hydrogens (tertiary/aromatic N) is 1. The van der Waals surface area contributed by atoms with Gasteiger partial charge in [0.15, 0.2) is 0 Å². The van der Waals surface area contributed by atoms with Gasteiger partial charge in [-0.05, 0) is 37.0 Å². The van der Waals surface area contributed by atoms with Crippen LogP contribution in [-0.2, 0) is 17.6 Å². The topological polar surface area (TPSA) is 88.8 Å². The molecule has 0 unspecified atom stereocenters. The zero-order valence-electron chi connectivity index (χ0n) is 15.9. The fourth-order valence-electron chi connectivity index (χ4n) is 3.17. The highest BCUT2D eigenvalue weighted by atomic mass is 16.6. The van der Waals surface area contributed by atoms with E-state index in [0.717, 1.165) is 18.4 Å². The molecule has 7 heteroatoms. The van der Waals surface area contributed by atoms with Crippen molar-refractivity contribution in [3.63, 3.8) is 0 Å². The second-order valence-electron chi connectivity index (χ2n) is 6.75. The van der Waals surface area contributed by atoms with Crippen molar-refractivity contribution in [2.24, 2.45) is 0 Å². The lowest BCUT2D eigenvalue weighted by atomic mass is 10.1. The summed E-state index contributed by atoms with van der Waals surface area (Å²) in [6.07, 6.45) is 1.73. The van der Waals surface area contributed by atoms with Crippen LogP contribution in [-0.4, -0.2) is 43.1 Å². The van der Waals surface area contributed by atoms with Gasteiger partial charge in [-0.25, -0.2) is 9.59 Å². The van der Waals surface area contributed by atoms with Crippen LogP contribution in [0.5, 0.6) is 0 Å². The lowest BCUT2D eigenvalue weighted by Crippen LogP contribution is -2.43. The molecule has 0 bridgehead atoms. The minimum atomic E-state index is -0.641. The number of cyclic esters (lactones) is 1. The highest BCUT2D eigenvalue weighted by Crippen LogP contribution is 2.11. The molecule has 0 radical (unpaired) electrons. The van der Waals surface area contributed by atoms with Crippen molar-refractivity contribution in [2.45, 2.75) is 26.2 Å². The van der Waals surface area contributed by atoms with E-state index in [-0.39, 0.29) is 18.2 Å². The van der Waals surface area contributed by atoms with Crippen LogP contribution in [0.15, 0.2) is 45.6 Å². The van der Waals surface area contributed by atoms with Crippen molar-refractivity contribution in [2.75, 3.05) is 26.2 Å². The fourth-order valence-corrected chi connectivity index (χ4v) is 3.17. The number of carbonyl (C=O) groups is 2. The molecule has 1 fully saturated rings. The second kappa shape index (κ2) is 9.21. The molecule has 0 spiro atoms. The van der Waals surface area contributed by atoms with Gasteiger partial charge in [0.25, 0.3) is 5.91 Å². The van der Waals surface area contributed by atoms with Gasteiger partial charge in [-0.1, -0.05) is 30.3 Å². The molecule has 1 N–H and O–H groups in total. The van der Waals surface area contributed by atoms with Crippen LogP contribution < -0.4 is 10.9 Å². The third-order valence-electron chi connectivity index (χ3n) is 4.65. The summed E-state index contributed by atoms with van der Waals surface area (Å²) in [6, 6.07) is 11.7. The standard InChI is InChI=1S/C21H24N2O5/c1-15-14-17(9-8-16-6-3-2-4-7-16)28-20(25)18(15)19(24)22-10-12-23-11-5-13-27-21(23)26/h2-4,6-7,14H,5,8-13H2,1H3,(H,22,24). The number of amides is 2. The molecule has 2 amide bonds. The average molecular weight is 384 g/mol. The maximum absolute atomic E-state index is 12.4. The summed E-state index contributed by atoms with van der Waals surface area (Å²) in [5.41, 5.74) is 1.10. The van der Waals surface area contributed by atoms with Crippen LogP contribution in [0.1, 0.15) is 33.7 Å². The predicted molar refractivity (Wildman–Crippen MR) is 103 cm³/mol. The molecule has 1 aliphatic rings. The number of hydrogen-bond donors (Lipinski definition) is 1. The molecule has 1 aliphatic heterocycles. The summed E-state index contributed by atoms with van der Waals surface area (Å²) in [7, 11) is 0. The fraction of sp³-hybridized carbons (Fsp3) is 0.381. The van der Waals surface area contributed by atoms with Gasteiger partial charge in [-0.15, -0.1) is 0 Å². The number of aryl methyl sites for hydroxylation is 3. The quantitative estimate of drug-likeness (QED) is 0.791. The summed E-state index contributed by atoms with van der Waals surface area (Å²) >= 11 is 0. The summed E-state index contributed by atoms with van der Waals surface area (Å²) in [5.74, 6) is 0.0604. The van der Waals surface area contributed by atoms with Crippen molar-refractivity contribution in [3.8, 4) is 0 Å². The molecular formula is C21H24N2O5. The maximum atomic E-state index is 12.4. The van der Waals surface area contributed by atoms with E-state index < -0.39 is 11.5 Å². The molecular weight excluding hydrogens is 360 g/mol. The van der Waals surface area contributed by atoms with Gasteiger partial charge in [0.2, 0.25) is 0 Å². The molecule has 0 aliphatic carbocycles. The first-order chi connectivity index (χ1) is 13.5. The molecule has 3 rings (SSSR count). The molecule has 1 aromatic heterocycles. The summed E-state index contributed by atoms with van der Waals surface area (Å²) in [6.45, 7) is 3.33. The Balaban J connectivity index is 1.58. The molecule has 7 nitrogen and oxygen atoms in total.